The molecule has 1 aliphatic heterocycles. The first kappa shape index (κ1) is 39.5. The zero-order valence-electron chi connectivity index (χ0n) is 35.4. The van der Waals surface area contributed by atoms with Crippen LogP contribution in [-0.4, -0.2) is 18.5 Å². The van der Waals surface area contributed by atoms with Gasteiger partial charge in [0.25, 0.3) is 0 Å². The minimum atomic E-state index is 0. The van der Waals surface area contributed by atoms with E-state index < -0.39 is 0 Å². The van der Waals surface area contributed by atoms with Crippen molar-refractivity contribution in [1.82, 2.24) is 18.5 Å². The molecule has 6 heteroatoms. The summed E-state index contributed by atoms with van der Waals surface area (Å²) >= 11 is 0. The smallest absolute Gasteiger partial charge is 0.136 e. The van der Waals surface area contributed by atoms with Crippen LogP contribution in [0.15, 0.2) is 229 Å². The van der Waals surface area contributed by atoms with Crippen molar-refractivity contribution in [1.29, 1.82) is 0 Å². The summed E-state index contributed by atoms with van der Waals surface area (Å²) in [6.45, 7) is 0. The number of aromatic nitrogens is 4. The molecule has 3 aromatic heterocycles. The van der Waals surface area contributed by atoms with E-state index in [9.17, 15) is 0 Å². The van der Waals surface area contributed by atoms with Crippen molar-refractivity contribution >= 4 is 82.1 Å². The fourth-order valence-electron chi connectivity index (χ4n) is 9.66. The Morgan fingerprint density at radius 1 is 0.439 bits per heavy atom. The maximum atomic E-state index is 6.72. The number of hydrogen-bond acceptors (Lipinski definition) is 2. The molecule has 5 nitrogen and oxygen atoms in total. The molecule has 0 amide bonds. The van der Waals surface area contributed by atoms with Gasteiger partial charge in [-0.05, 0) is 90.3 Å². The van der Waals surface area contributed by atoms with E-state index in [1.807, 2.05) is 18.2 Å². The van der Waals surface area contributed by atoms with E-state index in [4.69, 9.17) is 9.40 Å². The number of hydrogen-bond donors (Lipinski definition) is 0. The summed E-state index contributed by atoms with van der Waals surface area (Å²) in [4.78, 5) is 5.41. The van der Waals surface area contributed by atoms with Crippen LogP contribution in [0.1, 0.15) is 0 Å². The summed E-state index contributed by atoms with van der Waals surface area (Å²) in [5.41, 5.74) is 13.3. The van der Waals surface area contributed by atoms with Gasteiger partial charge in [-0.2, -0.15) is 24.3 Å². The maximum absolute atomic E-state index is 6.72. The summed E-state index contributed by atoms with van der Waals surface area (Å²) in [6.07, 6.45) is 2.19. The number of imidazole rings is 1. The Morgan fingerprint density at radius 3 is 1.97 bits per heavy atom. The molecule has 0 spiro atoms. The second kappa shape index (κ2) is 16.2. The predicted octanol–water partition coefficient (Wildman–Crippen LogP) is 15.5. The van der Waals surface area contributed by atoms with Gasteiger partial charge in [0.15, 0.2) is 0 Å². The van der Waals surface area contributed by atoms with E-state index in [1.165, 1.54) is 0 Å². The zero-order valence-corrected chi connectivity index (χ0v) is 37.6. The summed E-state index contributed by atoms with van der Waals surface area (Å²) in [5.74, 6) is 0. The second-order valence-corrected chi connectivity index (χ2v) is 16.4. The van der Waals surface area contributed by atoms with Gasteiger partial charge in [-0.25, -0.2) is 4.98 Å². The molecule has 0 aliphatic carbocycles. The summed E-state index contributed by atoms with van der Waals surface area (Å²) < 4.78 is 13.5. The van der Waals surface area contributed by atoms with E-state index >= 15 is 0 Å². The topological polar surface area (TPSA) is 40.3 Å². The standard InChI is InChI=1S/C60H37N4O.Pt/c1-3-15-40(16-4-1)42-31-34-55-53(36-42)51-33-32-47-38-58(51)64(55)59-30-14-27-54(61-59)44-20-11-19-43(35-44)48-23-7-8-24-50(48)52-26-13-25-49(41-17-5-2-6-18-41)60(52)63-39-62(56-28-9-10-29-57(56)63)45-21-12-22-46(37-45)65-47;/h1-36,39H;/q-3;. The van der Waals surface area contributed by atoms with Crippen molar-refractivity contribution in [2.75, 3.05) is 0 Å². The normalized spacial score (nSPS) is 11.5. The Labute approximate surface area is 394 Å². The van der Waals surface area contributed by atoms with Crippen molar-refractivity contribution in [3.8, 4) is 33.6 Å². The first-order chi connectivity index (χ1) is 32.2. The average Bonchev–Trinajstić information content (AvgIpc) is 3.92. The molecule has 0 atom stereocenters. The van der Waals surface area contributed by atoms with Gasteiger partial charge in [0.05, 0.1) is 5.52 Å². The molecule has 0 radical (unpaired) electrons. The Hall–Kier alpha value is -8.11. The summed E-state index contributed by atoms with van der Waals surface area (Å²) in [7, 11) is 0. The summed E-state index contributed by atoms with van der Waals surface area (Å²) in [6, 6.07) is 84.4. The number of fused-ring (bicyclic) bond motifs is 23. The fraction of sp³-hybridized carbons (Fsp3) is 0. The molecular weight excluding hydrogens is 988 g/mol. The van der Waals surface area contributed by atoms with Crippen LogP contribution in [0.3, 0.4) is 0 Å². The molecule has 13 rings (SSSR count). The predicted molar refractivity (Wildman–Crippen MR) is 268 cm³/mol. The fourth-order valence-corrected chi connectivity index (χ4v) is 9.66. The molecule has 0 saturated carbocycles. The Kier molecular flexibility index (Phi) is 9.66. The number of benzene rings is 9. The molecule has 10 bridgehead atoms. The number of nitrogens with zero attached hydrogens (tertiary/aromatic N) is 4. The summed E-state index contributed by atoms with van der Waals surface area (Å²) in [5, 5.41) is 7.67. The van der Waals surface area contributed by atoms with Crippen LogP contribution in [0.4, 0.5) is 0 Å². The Bertz CT molecular complexity index is 4130. The third-order valence-corrected chi connectivity index (χ3v) is 12.6. The molecule has 316 valence electrons. The molecule has 0 fully saturated rings. The van der Waals surface area contributed by atoms with Gasteiger partial charge in [0.1, 0.15) is 5.65 Å². The molecular formula is C60H37N4OPt-3. The van der Waals surface area contributed by atoms with Gasteiger partial charge in [-0.15, -0.1) is 29.1 Å². The van der Waals surface area contributed by atoms with Crippen LogP contribution in [-0.2, 0) is 21.1 Å². The second-order valence-electron chi connectivity index (χ2n) is 16.4. The van der Waals surface area contributed by atoms with Crippen molar-refractivity contribution in [2.45, 2.75) is 0 Å². The molecule has 12 aromatic rings. The van der Waals surface area contributed by atoms with Crippen molar-refractivity contribution in [3.63, 3.8) is 0 Å². The molecule has 0 saturated heterocycles. The van der Waals surface area contributed by atoms with E-state index in [2.05, 4.69) is 232 Å². The molecule has 4 heterocycles. The van der Waals surface area contributed by atoms with Gasteiger partial charge in [0.2, 0.25) is 0 Å². The maximum Gasteiger partial charge on any atom is 0.136 e. The number of para-hydroxylation sites is 3. The Morgan fingerprint density at radius 2 is 1.12 bits per heavy atom. The third-order valence-electron chi connectivity index (χ3n) is 12.6. The van der Waals surface area contributed by atoms with E-state index in [1.54, 1.807) is 0 Å². The van der Waals surface area contributed by atoms with Crippen LogP contribution < -0.4 is 0 Å². The van der Waals surface area contributed by atoms with Gasteiger partial charge >= 0.3 is 0 Å². The molecule has 66 heavy (non-hydrogen) atoms. The zero-order chi connectivity index (χ0) is 42.8. The number of pyridine rings is 1. The van der Waals surface area contributed by atoms with Crippen LogP contribution in [0.5, 0.6) is 0 Å². The molecule has 0 unspecified atom stereocenters. The Balaban J connectivity index is 0.00000456. The SMILES string of the molecule is [Pt].[c-]1c2cccc1n1[cH-]n(c3c(-c4ccccc4)cccc3c3ccccc3c3cccc(c3)c3cccc(n3)n3c4[c-]c(ccc4c4cc(-c5ccccc5)ccc43)o2)-c2ccccc2-1. The monoisotopic (exact) mass is 1020 g/mol. The molecule has 1 aliphatic rings. The third kappa shape index (κ3) is 6.59. The van der Waals surface area contributed by atoms with E-state index in [0.717, 1.165) is 105 Å². The van der Waals surface area contributed by atoms with Gasteiger partial charge in [-0.3, -0.25) is 0 Å². The average molecular weight is 1030 g/mol. The van der Waals surface area contributed by atoms with Gasteiger partial charge in [0, 0.05) is 49.5 Å². The molecule has 9 aromatic carbocycles. The minimum Gasteiger partial charge on any atom is -0.510 e. The van der Waals surface area contributed by atoms with Crippen LogP contribution in [0, 0.1) is 12.1 Å². The van der Waals surface area contributed by atoms with Gasteiger partial charge < -0.3 is 18.0 Å². The van der Waals surface area contributed by atoms with E-state index in [0.29, 0.717) is 11.2 Å². The van der Waals surface area contributed by atoms with Crippen LogP contribution >= 0.6 is 0 Å². The van der Waals surface area contributed by atoms with E-state index in [-0.39, 0.29) is 21.1 Å². The largest absolute Gasteiger partial charge is 0.510 e. The minimum absolute atomic E-state index is 0. The van der Waals surface area contributed by atoms with Gasteiger partial charge in [-0.1, -0.05) is 169 Å². The quantitative estimate of drug-likeness (QED) is 0.162. The first-order valence-corrected chi connectivity index (χ1v) is 21.9. The molecule has 0 N–H and O–H groups in total. The van der Waals surface area contributed by atoms with Crippen molar-refractivity contribution < 1.29 is 25.5 Å². The van der Waals surface area contributed by atoms with Crippen LogP contribution in [0.2, 0.25) is 0 Å². The first-order valence-electron chi connectivity index (χ1n) is 21.9. The van der Waals surface area contributed by atoms with Crippen molar-refractivity contribution in [3.05, 3.63) is 237 Å². The number of rotatable bonds is 2. The van der Waals surface area contributed by atoms with Crippen molar-refractivity contribution in [2.24, 2.45) is 0 Å². The van der Waals surface area contributed by atoms with Crippen LogP contribution in [0.25, 0.3) is 116 Å².